The first-order chi connectivity index (χ1) is 7.54. The fourth-order valence-electron chi connectivity index (χ4n) is 1.63. The lowest BCUT2D eigenvalue weighted by Gasteiger charge is -2.22. The number of likely N-dealkylation sites (N-methyl/N-ethyl adjacent to an activating group) is 2. The highest BCUT2D eigenvalue weighted by molar-refractivity contribution is 5.21. The van der Waals surface area contributed by atoms with Gasteiger partial charge in [0, 0.05) is 12.6 Å². The molecule has 0 aromatic heterocycles. The lowest BCUT2D eigenvalue weighted by Crippen LogP contribution is -2.31. The van der Waals surface area contributed by atoms with Gasteiger partial charge in [-0.25, -0.2) is 8.78 Å². The van der Waals surface area contributed by atoms with Crippen LogP contribution in [0.3, 0.4) is 0 Å². The molecule has 90 valence electrons. The third-order valence-electron chi connectivity index (χ3n) is 2.34. The molecule has 0 radical (unpaired) electrons. The summed E-state index contributed by atoms with van der Waals surface area (Å²) in [5.74, 6) is -1.59. The van der Waals surface area contributed by atoms with Gasteiger partial charge in [-0.1, -0.05) is 13.0 Å². The van der Waals surface area contributed by atoms with E-state index in [0.29, 0.717) is 0 Å². The zero-order valence-corrected chi connectivity index (χ0v) is 9.93. The topological polar surface area (TPSA) is 15.3 Å². The van der Waals surface area contributed by atoms with Crippen LogP contribution in [-0.4, -0.2) is 32.1 Å². The highest BCUT2D eigenvalue weighted by Gasteiger charge is 2.13. The fourth-order valence-corrected chi connectivity index (χ4v) is 1.63. The van der Waals surface area contributed by atoms with E-state index in [4.69, 9.17) is 0 Å². The fraction of sp³-hybridized carbons (Fsp3) is 0.500. The molecule has 0 fully saturated rings. The van der Waals surface area contributed by atoms with E-state index in [1.165, 1.54) is 12.1 Å². The second-order valence-electron chi connectivity index (χ2n) is 4.05. The van der Waals surface area contributed by atoms with E-state index < -0.39 is 11.6 Å². The van der Waals surface area contributed by atoms with Crippen molar-refractivity contribution < 1.29 is 8.78 Å². The Hall–Kier alpha value is -1.00. The third-order valence-corrected chi connectivity index (χ3v) is 2.34. The molecule has 0 saturated carbocycles. The highest BCUT2D eigenvalue weighted by atomic mass is 19.2. The molecule has 4 heteroatoms. The SMILES string of the molecule is CCNC(CN(C)C)c1ccc(F)c(F)c1. The number of nitrogens with zero attached hydrogens (tertiary/aromatic N) is 1. The van der Waals surface area contributed by atoms with Gasteiger partial charge in [0.2, 0.25) is 0 Å². The number of nitrogens with one attached hydrogen (secondary N) is 1. The lowest BCUT2D eigenvalue weighted by molar-refractivity contribution is 0.344. The lowest BCUT2D eigenvalue weighted by atomic mass is 10.1. The summed E-state index contributed by atoms with van der Waals surface area (Å²) < 4.78 is 25.9. The van der Waals surface area contributed by atoms with E-state index in [9.17, 15) is 8.78 Å². The first-order valence-electron chi connectivity index (χ1n) is 5.37. The van der Waals surface area contributed by atoms with E-state index in [-0.39, 0.29) is 6.04 Å². The van der Waals surface area contributed by atoms with Crippen LogP contribution in [0.1, 0.15) is 18.5 Å². The van der Waals surface area contributed by atoms with Crippen molar-refractivity contribution in [2.75, 3.05) is 27.2 Å². The van der Waals surface area contributed by atoms with Crippen molar-refractivity contribution >= 4 is 0 Å². The molecule has 0 spiro atoms. The molecule has 1 aromatic rings. The van der Waals surface area contributed by atoms with Crippen LogP contribution in [0.25, 0.3) is 0 Å². The zero-order chi connectivity index (χ0) is 12.1. The number of rotatable bonds is 5. The second-order valence-corrected chi connectivity index (χ2v) is 4.05. The molecule has 1 atom stereocenters. The average molecular weight is 228 g/mol. The molecule has 0 amide bonds. The van der Waals surface area contributed by atoms with Crippen LogP contribution >= 0.6 is 0 Å². The Morgan fingerprint density at radius 3 is 2.44 bits per heavy atom. The van der Waals surface area contributed by atoms with Crippen LogP contribution < -0.4 is 5.32 Å². The zero-order valence-electron chi connectivity index (χ0n) is 9.93. The van der Waals surface area contributed by atoms with Crippen LogP contribution in [-0.2, 0) is 0 Å². The molecule has 0 aliphatic heterocycles. The van der Waals surface area contributed by atoms with Crippen molar-refractivity contribution in [3.63, 3.8) is 0 Å². The number of hydrogen-bond acceptors (Lipinski definition) is 2. The summed E-state index contributed by atoms with van der Waals surface area (Å²) in [6, 6.07) is 4.07. The number of benzene rings is 1. The van der Waals surface area contributed by atoms with E-state index in [1.807, 2.05) is 25.9 Å². The molecular formula is C12H18F2N2. The summed E-state index contributed by atoms with van der Waals surface area (Å²) in [6.07, 6.45) is 0. The van der Waals surface area contributed by atoms with Crippen LogP contribution in [0.5, 0.6) is 0 Å². The smallest absolute Gasteiger partial charge is 0.159 e. The monoisotopic (exact) mass is 228 g/mol. The maximum atomic E-state index is 13.1. The molecule has 1 aromatic carbocycles. The molecule has 0 saturated heterocycles. The Morgan fingerprint density at radius 2 is 1.94 bits per heavy atom. The first kappa shape index (κ1) is 13.1. The summed E-state index contributed by atoms with van der Waals surface area (Å²) in [5, 5.41) is 3.25. The van der Waals surface area contributed by atoms with E-state index in [0.717, 1.165) is 18.7 Å². The van der Waals surface area contributed by atoms with Gasteiger partial charge in [0.05, 0.1) is 0 Å². The number of hydrogen-bond donors (Lipinski definition) is 1. The van der Waals surface area contributed by atoms with Gasteiger partial charge in [0.25, 0.3) is 0 Å². The van der Waals surface area contributed by atoms with Gasteiger partial charge in [-0.3, -0.25) is 0 Å². The Kier molecular flexibility index (Phi) is 4.83. The minimum Gasteiger partial charge on any atom is -0.309 e. The van der Waals surface area contributed by atoms with Crippen molar-refractivity contribution in [1.82, 2.24) is 10.2 Å². The maximum Gasteiger partial charge on any atom is 0.159 e. The van der Waals surface area contributed by atoms with Gasteiger partial charge >= 0.3 is 0 Å². The number of halogens is 2. The molecule has 0 bridgehead atoms. The molecule has 2 nitrogen and oxygen atoms in total. The second kappa shape index (κ2) is 5.92. The van der Waals surface area contributed by atoms with Crippen molar-refractivity contribution in [1.29, 1.82) is 0 Å². The van der Waals surface area contributed by atoms with Crippen molar-refractivity contribution in [2.45, 2.75) is 13.0 Å². The molecule has 0 aliphatic carbocycles. The van der Waals surface area contributed by atoms with Gasteiger partial charge in [-0.2, -0.15) is 0 Å². The Morgan fingerprint density at radius 1 is 1.25 bits per heavy atom. The van der Waals surface area contributed by atoms with Gasteiger partial charge in [-0.15, -0.1) is 0 Å². The molecule has 0 aliphatic rings. The predicted molar refractivity (Wildman–Crippen MR) is 61.3 cm³/mol. The molecule has 1 unspecified atom stereocenters. The van der Waals surface area contributed by atoms with Gasteiger partial charge < -0.3 is 10.2 Å². The van der Waals surface area contributed by atoms with Gasteiger partial charge in [0.15, 0.2) is 11.6 Å². The van der Waals surface area contributed by atoms with Crippen molar-refractivity contribution in [3.8, 4) is 0 Å². The summed E-state index contributed by atoms with van der Waals surface area (Å²) in [6.45, 7) is 3.53. The summed E-state index contributed by atoms with van der Waals surface area (Å²) >= 11 is 0. The van der Waals surface area contributed by atoms with E-state index in [1.54, 1.807) is 6.07 Å². The molecule has 1 rings (SSSR count). The Labute approximate surface area is 95.3 Å². The summed E-state index contributed by atoms with van der Waals surface area (Å²) in [7, 11) is 3.90. The minimum absolute atomic E-state index is 0.0232. The summed E-state index contributed by atoms with van der Waals surface area (Å²) in [4.78, 5) is 2.01. The van der Waals surface area contributed by atoms with E-state index >= 15 is 0 Å². The van der Waals surface area contributed by atoms with Crippen LogP contribution in [0, 0.1) is 11.6 Å². The van der Waals surface area contributed by atoms with Crippen LogP contribution in [0.4, 0.5) is 8.78 Å². The van der Waals surface area contributed by atoms with Crippen LogP contribution in [0.15, 0.2) is 18.2 Å². The van der Waals surface area contributed by atoms with E-state index in [2.05, 4.69) is 5.32 Å². The Bertz CT molecular complexity index is 340. The van der Waals surface area contributed by atoms with Crippen molar-refractivity contribution in [3.05, 3.63) is 35.4 Å². The summed E-state index contributed by atoms with van der Waals surface area (Å²) in [5.41, 5.74) is 0.773. The largest absolute Gasteiger partial charge is 0.309 e. The maximum absolute atomic E-state index is 13.1. The molecule has 1 N–H and O–H groups in total. The molecule has 0 heterocycles. The van der Waals surface area contributed by atoms with Gasteiger partial charge in [0.1, 0.15) is 0 Å². The first-order valence-corrected chi connectivity index (χ1v) is 5.37. The molecular weight excluding hydrogens is 210 g/mol. The van der Waals surface area contributed by atoms with Gasteiger partial charge in [-0.05, 0) is 38.3 Å². The molecule has 16 heavy (non-hydrogen) atoms. The standard InChI is InChI=1S/C12H18F2N2/c1-4-15-12(8-16(2)3)9-5-6-10(13)11(14)7-9/h5-7,12,15H,4,8H2,1-3H3. The van der Waals surface area contributed by atoms with Crippen molar-refractivity contribution in [2.24, 2.45) is 0 Å². The Balaban J connectivity index is 2.87. The quantitative estimate of drug-likeness (QED) is 0.831. The predicted octanol–water partition coefficient (Wildman–Crippen LogP) is 2.18. The average Bonchev–Trinajstić information content (AvgIpc) is 2.21. The normalized spacial score (nSPS) is 13.1. The third kappa shape index (κ3) is 3.54. The highest BCUT2D eigenvalue weighted by Crippen LogP contribution is 2.16. The minimum atomic E-state index is -0.802. The van der Waals surface area contributed by atoms with Crippen LogP contribution in [0.2, 0.25) is 0 Å².